The second-order valence-electron chi connectivity index (χ2n) is 7.08. The maximum Gasteiger partial charge on any atom is 0.194 e. The molecule has 26 heavy (non-hydrogen) atoms. The molecule has 0 N–H and O–H groups in total. The quantitative estimate of drug-likeness (QED) is 0.380. The van der Waals surface area contributed by atoms with Crippen molar-refractivity contribution >= 4 is 33.1 Å². The molecule has 0 aliphatic heterocycles. The highest BCUT2D eigenvalue weighted by atomic mass is 16.1. The molecular formula is C24H16O2. The molecule has 124 valence electrons. The lowest BCUT2D eigenvalue weighted by atomic mass is 9.81. The molecule has 0 saturated heterocycles. The summed E-state index contributed by atoms with van der Waals surface area (Å²) in [6.07, 6.45) is 0. The van der Waals surface area contributed by atoms with Crippen LogP contribution in [0.15, 0.2) is 60.7 Å². The van der Waals surface area contributed by atoms with Gasteiger partial charge in [-0.05, 0) is 70.8 Å². The van der Waals surface area contributed by atoms with Gasteiger partial charge in [0.25, 0.3) is 0 Å². The van der Waals surface area contributed by atoms with Crippen molar-refractivity contribution in [3.05, 3.63) is 94.0 Å². The average molecular weight is 336 g/mol. The second kappa shape index (κ2) is 5.12. The summed E-state index contributed by atoms with van der Waals surface area (Å²) in [4.78, 5) is 26.3. The first-order chi connectivity index (χ1) is 12.5. The van der Waals surface area contributed by atoms with Crippen LogP contribution in [-0.2, 0) is 0 Å². The average Bonchev–Trinajstić information content (AvgIpc) is 2.65. The molecule has 4 aromatic carbocycles. The molecule has 2 heteroatoms. The number of ketones is 2. The molecule has 0 heterocycles. The zero-order chi connectivity index (χ0) is 18.0. The molecule has 4 aromatic rings. The topological polar surface area (TPSA) is 34.1 Å². The summed E-state index contributed by atoms with van der Waals surface area (Å²) in [5.74, 6) is -0.138. The van der Waals surface area contributed by atoms with Gasteiger partial charge in [-0.25, -0.2) is 0 Å². The Balaban J connectivity index is 1.82. The van der Waals surface area contributed by atoms with Crippen LogP contribution in [0.4, 0.5) is 0 Å². The maximum atomic E-state index is 13.1. The van der Waals surface area contributed by atoms with Gasteiger partial charge in [0.05, 0.1) is 0 Å². The van der Waals surface area contributed by atoms with E-state index in [9.17, 15) is 9.59 Å². The largest absolute Gasteiger partial charge is 0.289 e. The van der Waals surface area contributed by atoms with Crippen LogP contribution in [0, 0.1) is 13.8 Å². The summed E-state index contributed by atoms with van der Waals surface area (Å²) in [6.45, 7) is 4.12. The first kappa shape index (κ1) is 15.0. The number of carbonyl (C=O) groups excluding carboxylic acids is 2. The predicted molar refractivity (Wildman–Crippen MR) is 104 cm³/mol. The smallest absolute Gasteiger partial charge is 0.194 e. The van der Waals surface area contributed by atoms with E-state index in [1.807, 2.05) is 48.5 Å². The number of benzene rings is 4. The van der Waals surface area contributed by atoms with Gasteiger partial charge >= 0.3 is 0 Å². The minimum Gasteiger partial charge on any atom is -0.289 e. The number of hydrogen-bond donors (Lipinski definition) is 0. The number of hydrogen-bond acceptors (Lipinski definition) is 2. The van der Waals surface area contributed by atoms with Crippen molar-refractivity contribution in [3.63, 3.8) is 0 Å². The van der Waals surface area contributed by atoms with Gasteiger partial charge in [-0.15, -0.1) is 0 Å². The lowest BCUT2D eigenvalue weighted by Gasteiger charge is -2.19. The number of fused-ring (bicyclic) bond motifs is 4. The van der Waals surface area contributed by atoms with E-state index < -0.39 is 0 Å². The fourth-order valence-corrected chi connectivity index (χ4v) is 3.86. The van der Waals surface area contributed by atoms with Crippen LogP contribution in [0.3, 0.4) is 0 Å². The summed E-state index contributed by atoms with van der Waals surface area (Å²) < 4.78 is 0. The second-order valence-corrected chi connectivity index (χ2v) is 7.08. The van der Waals surface area contributed by atoms with Gasteiger partial charge in [0.2, 0.25) is 0 Å². The Labute approximate surface area is 151 Å². The minimum atomic E-state index is -0.0690. The van der Waals surface area contributed by atoms with Gasteiger partial charge in [-0.3, -0.25) is 9.59 Å². The fraction of sp³-hybridized carbons (Fsp3) is 0.0833. The Morgan fingerprint density at radius 2 is 0.846 bits per heavy atom. The van der Waals surface area contributed by atoms with E-state index in [2.05, 4.69) is 26.0 Å². The third kappa shape index (κ3) is 1.99. The Hall–Kier alpha value is -3.26. The van der Waals surface area contributed by atoms with Crippen LogP contribution < -0.4 is 0 Å². The SMILES string of the molecule is Cc1cc2cc3c(cc2cc1C)C(=O)c1cc2ccccc2cc1C3=O. The van der Waals surface area contributed by atoms with E-state index in [-0.39, 0.29) is 11.6 Å². The highest BCUT2D eigenvalue weighted by molar-refractivity contribution is 6.30. The van der Waals surface area contributed by atoms with Gasteiger partial charge in [0.1, 0.15) is 0 Å². The number of carbonyl (C=O) groups is 2. The maximum absolute atomic E-state index is 13.1. The van der Waals surface area contributed by atoms with E-state index in [1.54, 1.807) is 0 Å². The third-order valence-electron chi connectivity index (χ3n) is 5.45. The molecule has 0 radical (unpaired) electrons. The standard InChI is InChI=1S/C24H16O2/c1-13-7-17-11-21-22(12-18(17)8-14(13)2)24(26)20-10-16-6-4-3-5-15(16)9-19(20)23(21)25/h3-12H,1-2H3. The lowest BCUT2D eigenvalue weighted by Crippen LogP contribution is -2.21. The molecule has 0 aromatic heterocycles. The van der Waals surface area contributed by atoms with Crippen molar-refractivity contribution in [3.8, 4) is 0 Å². The lowest BCUT2D eigenvalue weighted by molar-refractivity contribution is 0.0979. The first-order valence-corrected chi connectivity index (χ1v) is 8.70. The molecule has 5 rings (SSSR count). The van der Waals surface area contributed by atoms with Gasteiger partial charge in [0.15, 0.2) is 11.6 Å². The minimum absolute atomic E-state index is 0.0690. The Morgan fingerprint density at radius 3 is 1.23 bits per heavy atom. The van der Waals surface area contributed by atoms with Crippen LogP contribution in [0.5, 0.6) is 0 Å². The monoisotopic (exact) mass is 336 g/mol. The molecule has 1 aliphatic rings. The van der Waals surface area contributed by atoms with E-state index >= 15 is 0 Å². The first-order valence-electron chi connectivity index (χ1n) is 8.70. The molecule has 1 aliphatic carbocycles. The number of aryl methyl sites for hydroxylation is 2. The van der Waals surface area contributed by atoms with Crippen molar-refractivity contribution in [2.45, 2.75) is 13.8 Å². The molecule has 0 bridgehead atoms. The third-order valence-corrected chi connectivity index (χ3v) is 5.45. The molecule has 0 amide bonds. The summed E-state index contributed by atoms with van der Waals surface area (Å²) in [5.41, 5.74) is 4.38. The fourth-order valence-electron chi connectivity index (χ4n) is 3.86. The Bertz CT molecular complexity index is 1180. The molecule has 0 atom stereocenters. The molecule has 0 saturated carbocycles. The van der Waals surface area contributed by atoms with Gasteiger partial charge in [-0.2, -0.15) is 0 Å². The van der Waals surface area contributed by atoms with E-state index in [4.69, 9.17) is 0 Å². The van der Waals surface area contributed by atoms with Crippen molar-refractivity contribution in [2.24, 2.45) is 0 Å². The molecule has 0 unspecified atom stereocenters. The van der Waals surface area contributed by atoms with Crippen LogP contribution in [0.2, 0.25) is 0 Å². The van der Waals surface area contributed by atoms with Crippen molar-refractivity contribution in [2.75, 3.05) is 0 Å². The number of rotatable bonds is 0. The predicted octanol–water partition coefficient (Wildman–Crippen LogP) is 5.39. The summed E-state index contributed by atoms with van der Waals surface area (Å²) >= 11 is 0. The zero-order valence-electron chi connectivity index (χ0n) is 14.6. The van der Waals surface area contributed by atoms with Gasteiger partial charge in [-0.1, -0.05) is 36.4 Å². The van der Waals surface area contributed by atoms with Crippen molar-refractivity contribution in [1.29, 1.82) is 0 Å². The molecule has 0 fully saturated rings. The van der Waals surface area contributed by atoms with E-state index in [1.165, 1.54) is 11.1 Å². The van der Waals surface area contributed by atoms with Crippen molar-refractivity contribution in [1.82, 2.24) is 0 Å². The van der Waals surface area contributed by atoms with Crippen LogP contribution in [-0.4, -0.2) is 11.6 Å². The zero-order valence-corrected chi connectivity index (χ0v) is 14.6. The molecule has 2 nitrogen and oxygen atoms in total. The normalized spacial score (nSPS) is 13.2. The summed E-state index contributed by atoms with van der Waals surface area (Å²) in [6, 6.07) is 19.4. The van der Waals surface area contributed by atoms with Crippen LogP contribution in [0.1, 0.15) is 43.0 Å². The highest BCUT2D eigenvalue weighted by Gasteiger charge is 2.30. The Morgan fingerprint density at radius 1 is 0.500 bits per heavy atom. The van der Waals surface area contributed by atoms with E-state index in [0.717, 1.165) is 21.5 Å². The molecule has 0 spiro atoms. The molecular weight excluding hydrogens is 320 g/mol. The highest BCUT2D eigenvalue weighted by Crippen LogP contribution is 2.33. The van der Waals surface area contributed by atoms with E-state index in [0.29, 0.717) is 22.3 Å². The van der Waals surface area contributed by atoms with Gasteiger partial charge in [0, 0.05) is 22.3 Å². The summed E-state index contributed by atoms with van der Waals surface area (Å²) in [7, 11) is 0. The van der Waals surface area contributed by atoms with Gasteiger partial charge < -0.3 is 0 Å². The summed E-state index contributed by atoms with van der Waals surface area (Å²) in [5, 5.41) is 3.95. The van der Waals surface area contributed by atoms with Crippen molar-refractivity contribution < 1.29 is 9.59 Å². The van der Waals surface area contributed by atoms with Crippen LogP contribution in [0.25, 0.3) is 21.5 Å². The van der Waals surface area contributed by atoms with Crippen LogP contribution >= 0.6 is 0 Å². The Kier molecular flexibility index (Phi) is 2.96.